The number of rotatable bonds is 0. The molecule has 1 aromatic rings. The standard InChI is InChI=1S/C11H13ClN2O/c12-8-2-1-3-9-11(8)14-10-6-15-5-7(10)4-13-9/h1-3,7,10,13-14H,4-6H2. The molecule has 1 aromatic carbocycles. The van der Waals surface area contributed by atoms with Crippen LogP contribution in [0.2, 0.25) is 5.02 Å². The van der Waals surface area contributed by atoms with Crippen molar-refractivity contribution in [2.24, 2.45) is 5.92 Å². The highest BCUT2D eigenvalue weighted by atomic mass is 35.5. The Hall–Kier alpha value is -0.930. The lowest BCUT2D eigenvalue weighted by molar-refractivity contribution is 0.186. The molecule has 1 saturated heterocycles. The van der Waals surface area contributed by atoms with Crippen LogP contribution in [0.25, 0.3) is 0 Å². The van der Waals surface area contributed by atoms with E-state index in [9.17, 15) is 0 Å². The number of para-hydroxylation sites is 1. The zero-order valence-electron chi connectivity index (χ0n) is 8.29. The lowest BCUT2D eigenvalue weighted by atomic mass is 10.0. The summed E-state index contributed by atoms with van der Waals surface area (Å²) in [6.45, 7) is 2.55. The first-order chi connectivity index (χ1) is 7.34. The zero-order chi connectivity index (χ0) is 10.3. The van der Waals surface area contributed by atoms with E-state index in [1.807, 2.05) is 12.1 Å². The Kier molecular flexibility index (Phi) is 2.22. The highest BCUT2D eigenvalue weighted by Crippen LogP contribution is 2.35. The molecule has 0 radical (unpaired) electrons. The predicted octanol–water partition coefficient (Wildman–Crippen LogP) is 2.19. The van der Waals surface area contributed by atoms with E-state index in [0.29, 0.717) is 12.0 Å². The minimum absolute atomic E-state index is 0.388. The molecule has 2 atom stereocenters. The van der Waals surface area contributed by atoms with Crippen LogP contribution in [-0.2, 0) is 4.74 Å². The summed E-state index contributed by atoms with van der Waals surface area (Å²) in [6, 6.07) is 6.31. The van der Waals surface area contributed by atoms with Gasteiger partial charge in [0.25, 0.3) is 0 Å². The highest BCUT2D eigenvalue weighted by molar-refractivity contribution is 6.34. The van der Waals surface area contributed by atoms with Crippen molar-refractivity contribution in [3.63, 3.8) is 0 Å². The number of benzene rings is 1. The fourth-order valence-electron chi connectivity index (χ4n) is 2.20. The Morgan fingerprint density at radius 2 is 2.27 bits per heavy atom. The molecule has 2 unspecified atom stereocenters. The van der Waals surface area contributed by atoms with Gasteiger partial charge in [-0.1, -0.05) is 17.7 Å². The Balaban J connectivity index is 1.98. The number of hydrogen-bond donors (Lipinski definition) is 2. The maximum Gasteiger partial charge on any atom is 0.0768 e. The smallest absolute Gasteiger partial charge is 0.0768 e. The van der Waals surface area contributed by atoms with Gasteiger partial charge in [-0.2, -0.15) is 0 Å². The van der Waals surface area contributed by atoms with Gasteiger partial charge in [0.15, 0.2) is 0 Å². The summed E-state index contributed by atoms with van der Waals surface area (Å²) < 4.78 is 5.46. The number of hydrogen-bond acceptors (Lipinski definition) is 3. The van der Waals surface area contributed by atoms with Crippen LogP contribution in [0.15, 0.2) is 18.2 Å². The first-order valence-electron chi connectivity index (χ1n) is 5.21. The summed E-state index contributed by atoms with van der Waals surface area (Å²) in [4.78, 5) is 0. The van der Waals surface area contributed by atoms with Crippen molar-refractivity contribution < 1.29 is 4.74 Å². The molecule has 2 heterocycles. The van der Waals surface area contributed by atoms with Gasteiger partial charge in [-0.15, -0.1) is 0 Å². The van der Waals surface area contributed by atoms with Crippen molar-refractivity contribution >= 4 is 23.0 Å². The van der Waals surface area contributed by atoms with Crippen molar-refractivity contribution in [1.29, 1.82) is 0 Å². The van der Waals surface area contributed by atoms with E-state index in [-0.39, 0.29) is 0 Å². The molecule has 0 amide bonds. The van der Waals surface area contributed by atoms with Gasteiger partial charge in [-0.25, -0.2) is 0 Å². The van der Waals surface area contributed by atoms with Crippen LogP contribution in [0.5, 0.6) is 0 Å². The van der Waals surface area contributed by atoms with E-state index in [1.54, 1.807) is 0 Å². The third-order valence-electron chi connectivity index (χ3n) is 3.10. The van der Waals surface area contributed by atoms with Gasteiger partial charge in [0.05, 0.1) is 35.7 Å². The first kappa shape index (κ1) is 9.31. The molecule has 0 aliphatic carbocycles. The summed E-state index contributed by atoms with van der Waals surface area (Å²) in [7, 11) is 0. The molecule has 0 saturated carbocycles. The van der Waals surface area contributed by atoms with Crippen LogP contribution in [0.3, 0.4) is 0 Å². The summed E-state index contributed by atoms with van der Waals surface area (Å²) in [6.07, 6.45) is 0. The van der Waals surface area contributed by atoms with Crippen molar-refractivity contribution in [3.8, 4) is 0 Å². The SMILES string of the molecule is Clc1cccc2c1NC1COCC1CN2. The molecule has 2 N–H and O–H groups in total. The molecule has 4 heteroatoms. The summed E-state index contributed by atoms with van der Waals surface area (Å²) in [5.74, 6) is 0.536. The van der Waals surface area contributed by atoms with E-state index >= 15 is 0 Å². The number of fused-ring (bicyclic) bond motifs is 2. The molecule has 80 valence electrons. The topological polar surface area (TPSA) is 33.3 Å². The molecule has 2 aliphatic heterocycles. The van der Waals surface area contributed by atoms with Gasteiger partial charge in [0.2, 0.25) is 0 Å². The summed E-state index contributed by atoms with van der Waals surface area (Å²) in [5, 5.41) is 7.65. The molecule has 0 aromatic heterocycles. The van der Waals surface area contributed by atoms with Crippen LogP contribution >= 0.6 is 11.6 Å². The van der Waals surface area contributed by atoms with E-state index in [2.05, 4.69) is 16.7 Å². The Labute approximate surface area is 93.8 Å². The molecular formula is C11H13ClN2O. The second-order valence-electron chi connectivity index (χ2n) is 4.09. The van der Waals surface area contributed by atoms with Crippen LogP contribution in [0.1, 0.15) is 0 Å². The molecule has 1 fully saturated rings. The van der Waals surface area contributed by atoms with Crippen LogP contribution in [-0.4, -0.2) is 25.8 Å². The highest BCUT2D eigenvalue weighted by Gasteiger charge is 2.31. The normalized spacial score (nSPS) is 28.3. The maximum absolute atomic E-state index is 6.16. The fourth-order valence-corrected chi connectivity index (χ4v) is 2.43. The summed E-state index contributed by atoms with van der Waals surface area (Å²) in [5.41, 5.74) is 2.11. The Bertz CT molecular complexity index is 383. The first-order valence-corrected chi connectivity index (χ1v) is 5.59. The van der Waals surface area contributed by atoms with E-state index in [4.69, 9.17) is 16.3 Å². The molecule has 3 rings (SSSR count). The van der Waals surface area contributed by atoms with Gasteiger partial charge in [0, 0.05) is 12.5 Å². The number of halogens is 1. The van der Waals surface area contributed by atoms with Crippen LogP contribution in [0, 0.1) is 5.92 Å². The minimum atomic E-state index is 0.388. The molecule has 15 heavy (non-hydrogen) atoms. The van der Waals surface area contributed by atoms with Gasteiger partial charge >= 0.3 is 0 Å². The van der Waals surface area contributed by atoms with E-state index in [1.165, 1.54) is 0 Å². The number of anilines is 2. The molecule has 0 spiro atoms. The van der Waals surface area contributed by atoms with Crippen molar-refractivity contribution in [2.45, 2.75) is 6.04 Å². The average molecular weight is 225 g/mol. The quantitative estimate of drug-likeness (QED) is 0.709. The Morgan fingerprint density at radius 3 is 3.20 bits per heavy atom. The largest absolute Gasteiger partial charge is 0.383 e. The van der Waals surface area contributed by atoms with Gasteiger partial charge < -0.3 is 15.4 Å². The lowest BCUT2D eigenvalue weighted by Crippen LogP contribution is -2.29. The van der Waals surface area contributed by atoms with Crippen molar-refractivity contribution in [3.05, 3.63) is 23.2 Å². The second-order valence-corrected chi connectivity index (χ2v) is 4.50. The van der Waals surface area contributed by atoms with Crippen molar-refractivity contribution in [1.82, 2.24) is 0 Å². The fraction of sp³-hybridized carbons (Fsp3) is 0.455. The van der Waals surface area contributed by atoms with E-state index in [0.717, 1.165) is 36.2 Å². The van der Waals surface area contributed by atoms with Gasteiger partial charge in [-0.05, 0) is 12.1 Å². The minimum Gasteiger partial charge on any atom is -0.383 e. The molecule has 3 nitrogen and oxygen atoms in total. The number of nitrogens with one attached hydrogen (secondary N) is 2. The second kappa shape index (κ2) is 3.58. The summed E-state index contributed by atoms with van der Waals surface area (Å²) >= 11 is 6.16. The van der Waals surface area contributed by atoms with Crippen LogP contribution < -0.4 is 10.6 Å². The monoisotopic (exact) mass is 224 g/mol. The third kappa shape index (κ3) is 1.56. The van der Waals surface area contributed by atoms with Gasteiger partial charge in [-0.3, -0.25) is 0 Å². The molecule has 0 bridgehead atoms. The average Bonchev–Trinajstić information content (AvgIpc) is 2.60. The zero-order valence-corrected chi connectivity index (χ0v) is 9.05. The third-order valence-corrected chi connectivity index (χ3v) is 3.41. The maximum atomic E-state index is 6.16. The van der Waals surface area contributed by atoms with Crippen LogP contribution in [0.4, 0.5) is 11.4 Å². The Morgan fingerprint density at radius 1 is 1.33 bits per heavy atom. The molecule has 2 aliphatic rings. The lowest BCUT2D eigenvalue weighted by Gasteiger charge is -2.16. The predicted molar refractivity (Wildman–Crippen MR) is 61.7 cm³/mol. The van der Waals surface area contributed by atoms with Gasteiger partial charge in [0.1, 0.15) is 0 Å². The number of ether oxygens (including phenoxy) is 1. The van der Waals surface area contributed by atoms with E-state index < -0.39 is 0 Å². The van der Waals surface area contributed by atoms with Crippen molar-refractivity contribution in [2.75, 3.05) is 30.4 Å². The molecular weight excluding hydrogens is 212 g/mol.